The Kier molecular flexibility index (Phi) is 9.62. The summed E-state index contributed by atoms with van der Waals surface area (Å²) in [6, 6.07) is 27.6. The molecule has 3 rings (SSSR count). The van der Waals surface area contributed by atoms with Gasteiger partial charge in [0, 0.05) is 19.7 Å². The Balaban J connectivity index is 1.43. The Morgan fingerprint density at radius 2 is 1.38 bits per heavy atom. The Morgan fingerprint density at radius 3 is 2.03 bits per heavy atom. The number of rotatable bonds is 12. The highest BCUT2D eigenvalue weighted by Gasteiger charge is 2.15. The maximum Gasteiger partial charge on any atom is 0.410 e. The van der Waals surface area contributed by atoms with Gasteiger partial charge >= 0.3 is 6.09 Å². The van der Waals surface area contributed by atoms with E-state index in [1.54, 1.807) is 12.0 Å². The van der Waals surface area contributed by atoms with Crippen molar-refractivity contribution >= 4 is 6.09 Å². The van der Waals surface area contributed by atoms with Crippen molar-refractivity contribution in [2.45, 2.75) is 32.6 Å². The Morgan fingerprint density at radius 1 is 0.750 bits per heavy atom. The van der Waals surface area contributed by atoms with Crippen molar-refractivity contribution in [3.8, 4) is 5.75 Å². The minimum absolute atomic E-state index is 0.274. The van der Waals surface area contributed by atoms with E-state index in [1.165, 1.54) is 0 Å². The molecule has 3 aromatic carbocycles. The second-order valence-electron chi connectivity index (χ2n) is 7.56. The van der Waals surface area contributed by atoms with Gasteiger partial charge in [-0.05, 0) is 41.7 Å². The minimum Gasteiger partial charge on any atom is -0.497 e. The molecule has 0 saturated heterocycles. The summed E-state index contributed by atoms with van der Waals surface area (Å²) in [5, 5.41) is 0. The summed E-state index contributed by atoms with van der Waals surface area (Å²) in [5.41, 5.74) is 3.17. The molecule has 0 aliphatic heterocycles. The summed E-state index contributed by atoms with van der Waals surface area (Å²) >= 11 is 0. The van der Waals surface area contributed by atoms with Crippen molar-refractivity contribution in [1.82, 2.24) is 4.90 Å². The third-order valence-corrected chi connectivity index (χ3v) is 5.07. The first-order chi connectivity index (χ1) is 15.7. The summed E-state index contributed by atoms with van der Waals surface area (Å²) in [7, 11) is 1.66. The molecule has 0 bridgehead atoms. The van der Waals surface area contributed by atoms with Crippen molar-refractivity contribution < 1.29 is 19.0 Å². The number of hydrogen-bond acceptors (Lipinski definition) is 4. The van der Waals surface area contributed by atoms with Crippen LogP contribution in [0, 0.1) is 0 Å². The zero-order valence-electron chi connectivity index (χ0n) is 18.6. The molecule has 0 fully saturated rings. The predicted octanol–water partition coefficient (Wildman–Crippen LogP) is 5.83. The molecule has 168 valence electrons. The van der Waals surface area contributed by atoms with Crippen LogP contribution in [0.2, 0.25) is 0 Å². The van der Waals surface area contributed by atoms with Gasteiger partial charge in [-0.1, -0.05) is 72.8 Å². The monoisotopic (exact) mass is 433 g/mol. The van der Waals surface area contributed by atoms with Crippen molar-refractivity contribution in [2.24, 2.45) is 0 Å². The number of ether oxygens (including phenoxy) is 3. The van der Waals surface area contributed by atoms with E-state index in [-0.39, 0.29) is 12.7 Å². The molecule has 0 heterocycles. The molecule has 0 aliphatic carbocycles. The molecule has 1 amide bonds. The van der Waals surface area contributed by atoms with Gasteiger partial charge in [-0.15, -0.1) is 0 Å². The molecule has 0 unspecified atom stereocenters. The Bertz CT molecular complexity index is 913. The maximum atomic E-state index is 12.7. The van der Waals surface area contributed by atoms with Gasteiger partial charge in [0.15, 0.2) is 0 Å². The molecule has 5 nitrogen and oxygen atoms in total. The smallest absolute Gasteiger partial charge is 0.410 e. The van der Waals surface area contributed by atoms with Gasteiger partial charge in [0.1, 0.15) is 12.4 Å². The normalized spacial score (nSPS) is 10.5. The van der Waals surface area contributed by atoms with E-state index in [2.05, 4.69) is 0 Å². The average molecular weight is 434 g/mol. The van der Waals surface area contributed by atoms with Crippen molar-refractivity contribution in [2.75, 3.05) is 20.3 Å². The van der Waals surface area contributed by atoms with E-state index in [4.69, 9.17) is 14.2 Å². The Labute approximate surface area is 190 Å². The molecule has 0 radical (unpaired) electrons. The van der Waals surface area contributed by atoms with E-state index in [0.29, 0.717) is 26.3 Å². The topological polar surface area (TPSA) is 48.0 Å². The summed E-state index contributed by atoms with van der Waals surface area (Å²) < 4.78 is 16.5. The average Bonchev–Trinajstić information content (AvgIpc) is 2.85. The summed E-state index contributed by atoms with van der Waals surface area (Å²) in [6.45, 7) is 2.63. The standard InChI is InChI=1S/C27H31NO4/c1-30-26-16-14-25(15-17-26)21-31-19-9-8-18-28(20-23-10-4-2-5-11-23)27(29)32-22-24-12-6-3-7-13-24/h2-7,10-17H,8-9,18-22H2,1H3. The van der Waals surface area contributed by atoms with Crippen LogP contribution in [0.1, 0.15) is 29.5 Å². The molecular weight excluding hydrogens is 402 g/mol. The van der Waals surface area contributed by atoms with Gasteiger partial charge in [0.05, 0.1) is 13.7 Å². The van der Waals surface area contributed by atoms with Crippen molar-refractivity contribution in [3.05, 3.63) is 102 Å². The highest BCUT2D eigenvalue weighted by Crippen LogP contribution is 2.13. The van der Waals surface area contributed by atoms with Crippen molar-refractivity contribution in [1.29, 1.82) is 0 Å². The summed E-state index contributed by atoms with van der Waals surface area (Å²) in [6.07, 6.45) is 1.42. The van der Waals surface area contributed by atoms with Crippen molar-refractivity contribution in [3.63, 3.8) is 0 Å². The molecule has 0 spiro atoms. The zero-order valence-corrected chi connectivity index (χ0v) is 18.6. The lowest BCUT2D eigenvalue weighted by atomic mass is 10.2. The fourth-order valence-corrected chi connectivity index (χ4v) is 3.27. The molecular formula is C27H31NO4. The third-order valence-electron chi connectivity index (χ3n) is 5.07. The Hall–Kier alpha value is -3.31. The van der Waals surface area contributed by atoms with Crippen LogP contribution in [-0.4, -0.2) is 31.3 Å². The van der Waals surface area contributed by atoms with Gasteiger partial charge in [-0.3, -0.25) is 0 Å². The van der Waals surface area contributed by atoms with Crippen LogP contribution in [-0.2, 0) is 29.2 Å². The van der Waals surface area contributed by atoms with Crippen LogP contribution in [0.25, 0.3) is 0 Å². The SMILES string of the molecule is COc1ccc(COCCCCN(Cc2ccccc2)C(=O)OCc2ccccc2)cc1. The first-order valence-corrected chi connectivity index (χ1v) is 10.9. The molecule has 0 N–H and O–H groups in total. The number of carbonyl (C=O) groups is 1. The zero-order chi connectivity index (χ0) is 22.4. The second-order valence-corrected chi connectivity index (χ2v) is 7.56. The van der Waals surface area contributed by atoms with Gasteiger partial charge in [0.25, 0.3) is 0 Å². The van der Waals surface area contributed by atoms with E-state index in [0.717, 1.165) is 35.3 Å². The highest BCUT2D eigenvalue weighted by atomic mass is 16.6. The van der Waals surface area contributed by atoms with E-state index in [9.17, 15) is 4.79 Å². The van der Waals surface area contributed by atoms with Gasteiger partial charge in [-0.2, -0.15) is 0 Å². The number of methoxy groups -OCH3 is 1. The highest BCUT2D eigenvalue weighted by molar-refractivity contribution is 5.67. The number of nitrogens with zero attached hydrogens (tertiary/aromatic N) is 1. The lowest BCUT2D eigenvalue weighted by molar-refractivity contribution is 0.0881. The molecule has 5 heteroatoms. The lowest BCUT2D eigenvalue weighted by Gasteiger charge is -2.22. The molecule has 0 aromatic heterocycles. The number of unbranched alkanes of at least 4 members (excludes halogenated alkanes) is 1. The number of benzene rings is 3. The summed E-state index contributed by atoms with van der Waals surface area (Å²) in [4.78, 5) is 14.5. The van der Waals surface area contributed by atoms with Gasteiger partial charge < -0.3 is 19.1 Å². The van der Waals surface area contributed by atoms with Crippen LogP contribution < -0.4 is 4.74 Å². The van der Waals surface area contributed by atoms with Crippen LogP contribution in [0.4, 0.5) is 4.79 Å². The van der Waals surface area contributed by atoms with E-state index in [1.807, 2.05) is 84.9 Å². The maximum absolute atomic E-state index is 12.7. The largest absolute Gasteiger partial charge is 0.497 e. The molecule has 32 heavy (non-hydrogen) atoms. The third kappa shape index (κ3) is 8.08. The fourth-order valence-electron chi connectivity index (χ4n) is 3.27. The van der Waals surface area contributed by atoms with Crippen LogP contribution in [0.3, 0.4) is 0 Å². The molecule has 0 aliphatic rings. The van der Waals surface area contributed by atoms with Gasteiger partial charge in [0.2, 0.25) is 0 Å². The van der Waals surface area contributed by atoms with Crippen LogP contribution in [0.5, 0.6) is 5.75 Å². The first kappa shape index (κ1) is 23.4. The first-order valence-electron chi connectivity index (χ1n) is 10.9. The fraction of sp³-hybridized carbons (Fsp3) is 0.296. The van der Waals surface area contributed by atoms with E-state index >= 15 is 0 Å². The lowest BCUT2D eigenvalue weighted by Crippen LogP contribution is -2.32. The van der Waals surface area contributed by atoms with Crippen LogP contribution >= 0.6 is 0 Å². The molecule has 0 atom stereocenters. The number of carbonyl (C=O) groups excluding carboxylic acids is 1. The quantitative estimate of drug-likeness (QED) is 0.337. The van der Waals surface area contributed by atoms with Gasteiger partial charge in [-0.25, -0.2) is 4.79 Å². The van der Waals surface area contributed by atoms with Crippen LogP contribution in [0.15, 0.2) is 84.9 Å². The number of amides is 1. The molecule has 3 aromatic rings. The molecule has 0 saturated carbocycles. The minimum atomic E-state index is -0.295. The second kappa shape index (κ2) is 13.2. The van der Waals surface area contributed by atoms with E-state index < -0.39 is 0 Å². The summed E-state index contributed by atoms with van der Waals surface area (Å²) in [5.74, 6) is 0.839. The predicted molar refractivity (Wildman–Crippen MR) is 125 cm³/mol. The number of hydrogen-bond donors (Lipinski definition) is 0.